The molecule has 0 aliphatic heterocycles. The lowest BCUT2D eigenvalue weighted by molar-refractivity contribution is -0.893. The van der Waals surface area contributed by atoms with Crippen LogP contribution in [0.15, 0.2) is 54.6 Å². The maximum absolute atomic E-state index is 13.4. The molecule has 3 nitrogen and oxygen atoms in total. The van der Waals surface area contributed by atoms with E-state index >= 15 is 0 Å². The van der Waals surface area contributed by atoms with E-state index in [1.165, 1.54) is 16.0 Å². The molecule has 2 aromatic carbocycles. The third-order valence-corrected chi connectivity index (χ3v) is 5.34. The minimum Gasteiger partial charge on any atom is -1.00 e. The van der Waals surface area contributed by atoms with E-state index in [1.54, 1.807) is 4.90 Å². The molecule has 3 rings (SSSR count). The first-order valence-electron chi connectivity index (χ1n) is 8.65. The van der Waals surface area contributed by atoms with Crippen LogP contribution < -0.4 is 17.3 Å². The summed E-state index contributed by atoms with van der Waals surface area (Å²) < 4.78 is 0. The fourth-order valence-electron chi connectivity index (χ4n) is 4.19. The molecular weight excluding hydrogens is 332 g/mol. The summed E-state index contributed by atoms with van der Waals surface area (Å²) in [5, 5.41) is 0. The van der Waals surface area contributed by atoms with Gasteiger partial charge in [-0.1, -0.05) is 54.6 Å². The summed E-state index contributed by atoms with van der Waals surface area (Å²) in [6.45, 7) is 0. The first kappa shape index (κ1) is 19.5. The number of nitrogens with zero attached hydrogens (tertiary/aromatic N) is 1. The van der Waals surface area contributed by atoms with Crippen molar-refractivity contribution >= 4 is 5.91 Å². The summed E-state index contributed by atoms with van der Waals surface area (Å²) >= 11 is 0. The molecule has 0 saturated carbocycles. The van der Waals surface area contributed by atoms with Gasteiger partial charge in [0.15, 0.2) is 0 Å². The standard InChI is InChI=1S/C21H26N2O.ClH/c1-22(2)19-14-15-21(20(24)23(3)4,16-10-6-5-7-11-16)18-13-9-8-12-17(18)19;/h5-13,19H,14-15H2,1-4H3;1H/t19-,21-;/m1./s1. The van der Waals surface area contributed by atoms with Crippen molar-refractivity contribution in [3.8, 4) is 0 Å². The number of halogens is 1. The Morgan fingerprint density at radius 3 is 2.24 bits per heavy atom. The van der Waals surface area contributed by atoms with Crippen LogP contribution in [-0.2, 0) is 10.2 Å². The zero-order valence-corrected chi connectivity index (χ0v) is 16.2. The second-order valence-corrected chi connectivity index (χ2v) is 7.23. The van der Waals surface area contributed by atoms with Crippen LogP contribution in [-0.4, -0.2) is 39.0 Å². The lowest BCUT2D eigenvalue weighted by Gasteiger charge is -2.42. The van der Waals surface area contributed by atoms with E-state index in [0.717, 1.165) is 18.4 Å². The molecule has 25 heavy (non-hydrogen) atoms. The Morgan fingerprint density at radius 2 is 1.64 bits per heavy atom. The monoisotopic (exact) mass is 358 g/mol. The fraction of sp³-hybridized carbons (Fsp3) is 0.381. The van der Waals surface area contributed by atoms with Crippen molar-refractivity contribution in [3.63, 3.8) is 0 Å². The number of carbonyl (C=O) groups excluding carboxylic acids is 1. The van der Waals surface area contributed by atoms with Gasteiger partial charge in [0.05, 0.1) is 19.5 Å². The van der Waals surface area contributed by atoms with Crippen molar-refractivity contribution in [2.45, 2.75) is 24.3 Å². The average molecular weight is 359 g/mol. The molecule has 1 N–H and O–H groups in total. The Hall–Kier alpha value is -1.84. The van der Waals surface area contributed by atoms with Crippen molar-refractivity contribution in [2.75, 3.05) is 28.2 Å². The van der Waals surface area contributed by atoms with Gasteiger partial charge in [-0.15, -0.1) is 0 Å². The van der Waals surface area contributed by atoms with Gasteiger partial charge in [0.1, 0.15) is 6.04 Å². The first-order valence-corrected chi connectivity index (χ1v) is 8.65. The van der Waals surface area contributed by atoms with Crippen LogP contribution in [0.4, 0.5) is 0 Å². The average Bonchev–Trinajstić information content (AvgIpc) is 2.60. The van der Waals surface area contributed by atoms with E-state index < -0.39 is 5.41 Å². The zero-order chi connectivity index (χ0) is 17.3. The van der Waals surface area contributed by atoms with Crippen LogP contribution in [0, 0.1) is 0 Å². The molecule has 0 fully saturated rings. The number of amides is 1. The third kappa shape index (κ3) is 3.19. The molecule has 1 aliphatic carbocycles. The van der Waals surface area contributed by atoms with Crippen molar-refractivity contribution in [1.82, 2.24) is 4.90 Å². The predicted octanol–water partition coefficient (Wildman–Crippen LogP) is -0.956. The third-order valence-electron chi connectivity index (χ3n) is 5.34. The normalized spacial score (nSPS) is 22.0. The van der Waals surface area contributed by atoms with E-state index in [-0.39, 0.29) is 18.3 Å². The van der Waals surface area contributed by atoms with Gasteiger partial charge in [0.25, 0.3) is 0 Å². The molecule has 0 unspecified atom stereocenters. The van der Waals surface area contributed by atoms with Gasteiger partial charge in [0.2, 0.25) is 5.91 Å². The second kappa shape index (κ2) is 7.59. The summed E-state index contributed by atoms with van der Waals surface area (Å²) in [7, 11) is 8.12. The van der Waals surface area contributed by atoms with E-state index in [1.807, 2.05) is 32.3 Å². The molecular formula is C21H27ClN2O. The lowest BCUT2D eigenvalue weighted by Crippen LogP contribution is -3.06. The van der Waals surface area contributed by atoms with E-state index in [9.17, 15) is 4.79 Å². The Morgan fingerprint density at radius 1 is 1.04 bits per heavy atom. The fourth-order valence-corrected chi connectivity index (χ4v) is 4.19. The number of rotatable bonds is 3. The number of carbonyl (C=O) groups is 1. The van der Waals surface area contributed by atoms with Crippen LogP contribution in [0.25, 0.3) is 0 Å². The molecule has 2 atom stereocenters. The summed E-state index contributed by atoms with van der Waals surface area (Å²) in [6, 6.07) is 19.2. The molecule has 1 aliphatic rings. The van der Waals surface area contributed by atoms with Gasteiger partial charge < -0.3 is 22.2 Å². The minimum atomic E-state index is -0.576. The number of nitrogens with one attached hydrogen (secondary N) is 1. The van der Waals surface area contributed by atoms with Gasteiger partial charge in [-0.05, 0) is 17.5 Å². The summed E-state index contributed by atoms with van der Waals surface area (Å²) in [5.41, 5.74) is 3.01. The maximum atomic E-state index is 13.4. The van der Waals surface area contributed by atoms with Crippen molar-refractivity contribution in [1.29, 1.82) is 0 Å². The molecule has 1 amide bonds. The van der Waals surface area contributed by atoms with Crippen LogP contribution in [0.5, 0.6) is 0 Å². The Kier molecular flexibility index (Phi) is 5.91. The minimum absolute atomic E-state index is 0. The van der Waals surface area contributed by atoms with Crippen LogP contribution in [0.3, 0.4) is 0 Å². The van der Waals surface area contributed by atoms with Gasteiger partial charge in [-0.3, -0.25) is 4.79 Å². The topological polar surface area (TPSA) is 24.8 Å². The highest BCUT2D eigenvalue weighted by Gasteiger charge is 2.48. The zero-order valence-electron chi connectivity index (χ0n) is 15.4. The molecule has 134 valence electrons. The predicted molar refractivity (Wildman–Crippen MR) is 97.1 cm³/mol. The van der Waals surface area contributed by atoms with Gasteiger partial charge >= 0.3 is 0 Å². The number of likely N-dealkylation sites (N-methyl/N-ethyl adjacent to an activating group) is 1. The van der Waals surface area contributed by atoms with Crippen molar-refractivity contribution in [2.24, 2.45) is 0 Å². The highest BCUT2D eigenvalue weighted by atomic mass is 35.5. The quantitative estimate of drug-likeness (QED) is 0.751. The molecule has 0 saturated heterocycles. The Balaban J connectivity index is 0.00000225. The molecule has 2 aromatic rings. The van der Waals surface area contributed by atoms with Crippen molar-refractivity contribution in [3.05, 3.63) is 71.3 Å². The van der Waals surface area contributed by atoms with Gasteiger partial charge in [0, 0.05) is 26.1 Å². The first-order chi connectivity index (χ1) is 11.5. The number of fused-ring (bicyclic) bond motifs is 1. The number of hydrogen-bond donors (Lipinski definition) is 1. The molecule has 0 bridgehead atoms. The molecule has 4 heteroatoms. The highest BCUT2D eigenvalue weighted by Crippen LogP contribution is 2.46. The van der Waals surface area contributed by atoms with Gasteiger partial charge in [-0.2, -0.15) is 0 Å². The van der Waals surface area contributed by atoms with E-state index in [4.69, 9.17) is 0 Å². The molecule has 0 heterocycles. The van der Waals surface area contributed by atoms with Crippen LogP contribution >= 0.6 is 0 Å². The Labute approximate surface area is 157 Å². The van der Waals surface area contributed by atoms with Crippen molar-refractivity contribution < 1.29 is 22.1 Å². The van der Waals surface area contributed by atoms with E-state index in [2.05, 4.69) is 50.5 Å². The number of hydrogen-bond acceptors (Lipinski definition) is 1. The molecule has 0 aromatic heterocycles. The lowest BCUT2D eigenvalue weighted by atomic mass is 9.63. The highest BCUT2D eigenvalue weighted by molar-refractivity contribution is 5.92. The number of quaternary nitrogens is 1. The Bertz CT molecular complexity index is 730. The van der Waals surface area contributed by atoms with Gasteiger partial charge in [-0.25, -0.2) is 0 Å². The van der Waals surface area contributed by atoms with Crippen LogP contribution in [0.1, 0.15) is 35.6 Å². The summed E-state index contributed by atoms with van der Waals surface area (Å²) in [6.07, 6.45) is 1.86. The molecule has 0 spiro atoms. The number of benzene rings is 2. The van der Waals surface area contributed by atoms with E-state index in [0.29, 0.717) is 6.04 Å². The smallest absolute Gasteiger partial charge is 0.237 e. The molecule has 0 radical (unpaired) electrons. The second-order valence-electron chi connectivity index (χ2n) is 7.23. The largest absolute Gasteiger partial charge is 1.00 e. The SMILES string of the molecule is CN(C)C(=O)[C@@]1(c2ccccc2)CC[C@@H]([NH+](C)C)c2ccccc21.[Cl-]. The maximum Gasteiger partial charge on any atom is 0.237 e. The van der Waals surface area contributed by atoms with Crippen LogP contribution in [0.2, 0.25) is 0 Å². The summed E-state index contributed by atoms with van der Waals surface area (Å²) in [4.78, 5) is 16.5. The summed E-state index contributed by atoms with van der Waals surface area (Å²) in [5.74, 6) is 0.174.